The van der Waals surface area contributed by atoms with Gasteiger partial charge in [-0.2, -0.15) is 5.26 Å². The standard InChI is InChI=1S/C17H20N2O/c18-11-16(6-7-16)12-2-1-3-13(8-12)17(20)9-14-4-5-15(10-17)19-14/h1-3,8,14-15,19-20H,4-7,9-10H2. The highest BCUT2D eigenvalue weighted by atomic mass is 16.3. The van der Waals surface area contributed by atoms with Gasteiger partial charge >= 0.3 is 0 Å². The summed E-state index contributed by atoms with van der Waals surface area (Å²) >= 11 is 0. The van der Waals surface area contributed by atoms with Crippen LogP contribution in [0.25, 0.3) is 0 Å². The number of benzene rings is 1. The number of nitrogens with one attached hydrogen (secondary N) is 1. The maximum absolute atomic E-state index is 11.1. The largest absolute Gasteiger partial charge is 0.385 e. The molecule has 3 fully saturated rings. The summed E-state index contributed by atoms with van der Waals surface area (Å²) in [4.78, 5) is 0. The first kappa shape index (κ1) is 12.4. The Hall–Kier alpha value is -1.37. The smallest absolute Gasteiger partial charge is 0.0926 e. The summed E-state index contributed by atoms with van der Waals surface area (Å²) in [6.07, 6.45) is 5.86. The van der Waals surface area contributed by atoms with E-state index in [2.05, 4.69) is 17.5 Å². The summed E-state index contributed by atoms with van der Waals surface area (Å²) in [6.45, 7) is 0. The molecule has 0 aromatic heterocycles. The number of nitriles is 1. The number of nitrogens with zero attached hydrogens (tertiary/aromatic N) is 1. The summed E-state index contributed by atoms with van der Waals surface area (Å²) in [5, 5.41) is 24.0. The zero-order valence-electron chi connectivity index (χ0n) is 11.6. The molecule has 104 valence electrons. The molecule has 0 radical (unpaired) electrons. The number of piperidine rings is 1. The van der Waals surface area contributed by atoms with Gasteiger partial charge in [-0.25, -0.2) is 0 Å². The van der Waals surface area contributed by atoms with Gasteiger partial charge < -0.3 is 10.4 Å². The molecule has 3 aliphatic rings. The highest BCUT2D eigenvalue weighted by Crippen LogP contribution is 2.49. The average Bonchev–Trinajstić information content (AvgIpc) is 3.19. The first-order valence-corrected chi connectivity index (χ1v) is 7.64. The fourth-order valence-electron chi connectivity index (χ4n) is 4.05. The van der Waals surface area contributed by atoms with Gasteiger partial charge in [0.1, 0.15) is 0 Å². The van der Waals surface area contributed by atoms with E-state index in [1.807, 2.05) is 18.2 Å². The van der Waals surface area contributed by atoms with Gasteiger partial charge in [-0.3, -0.25) is 0 Å². The van der Waals surface area contributed by atoms with Gasteiger partial charge in [-0.1, -0.05) is 24.3 Å². The van der Waals surface area contributed by atoms with Crippen LogP contribution in [0.15, 0.2) is 24.3 Å². The number of hydrogen-bond acceptors (Lipinski definition) is 3. The molecule has 1 aromatic rings. The van der Waals surface area contributed by atoms with Gasteiger partial charge in [-0.05, 0) is 49.7 Å². The Labute approximate surface area is 119 Å². The third-order valence-corrected chi connectivity index (χ3v) is 5.42. The number of rotatable bonds is 2. The van der Waals surface area contributed by atoms with Crippen molar-refractivity contribution in [1.82, 2.24) is 5.32 Å². The molecule has 2 heterocycles. The first-order chi connectivity index (χ1) is 9.63. The lowest BCUT2D eigenvalue weighted by Crippen LogP contribution is -2.46. The minimum Gasteiger partial charge on any atom is -0.385 e. The van der Waals surface area contributed by atoms with Gasteiger partial charge in [-0.15, -0.1) is 0 Å². The molecule has 1 saturated carbocycles. The van der Waals surface area contributed by atoms with Crippen LogP contribution in [0, 0.1) is 11.3 Å². The van der Waals surface area contributed by atoms with Crippen molar-refractivity contribution in [2.45, 2.75) is 61.6 Å². The Morgan fingerprint density at radius 1 is 1.15 bits per heavy atom. The molecule has 2 atom stereocenters. The second-order valence-electron chi connectivity index (χ2n) is 6.85. The van der Waals surface area contributed by atoms with E-state index in [1.54, 1.807) is 0 Å². The second-order valence-corrected chi connectivity index (χ2v) is 6.85. The molecule has 0 amide bonds. The van der Waals surface area contributed by atoms with Crippen LogP contribution < -0.4 is 5.32 Å². The highest BCUT2D eigenvalue weighted by Gasteiger charge is 2.47. The van der Waals surface area contributed by atoms with Crippen LogP contribution >= 0.6 is 0 Å². The molecule has 2 aliphatic heterocycles. The Bertz CT molecular complexity index is 573. The lowest BCUT2D eigenvalue weighted by atomic mass is 9.80. The van der Waals surface area contributed by atoms with Crippen molar-refractivity contribution in [2.75, 3.05) is 0 Å². The molecule has 3 nitrogen and oxygen atoms in total. The molecule has 3 heteroatoms. The predicted octanol–water partition coefficient (Wildman–Crippen LogP) is 2.34. The molecule has 2 unspecified atom stereocenters. The number of aliphatic hydroxyl groups is 1. The van der Waals surface area contributed by atoms with Crippen LogP contribution in [0.2, 0.25) is 0 Å². The third kappa shape index (κ3) is 1.79. The van der Waals surface area contributed by atoms with Crippen LogP contribution in [0.1, 0.15) is 49.7 Å². The average molecular weight is 268 g/mol. The topological polar surface area (TPSA) is 56.0 Å². The van der Waals surface area contributed by atoms with Crippen molar-refractivity contribution in [2.24, 2.45) is 0 Å². The monoisotopic (exact) mass is 268 g/mol. The zero-order chi connectivity index (χ0) is 13.8. The summed E-state index contributed by atoms with van der Waals surface area (Å²) in [5.41, 5.74) is 1.13. The first-order valence-electron chi connectivity index (χ1n) is 7.64. The van der Waals surface area contributed by atoms with E-state index < -0.39 is 5.60 Å². The molecular weight excluding hydrogens is 248 g/mol. The molecule has 2 bridgehead atoms. The fraction of sp³-hybridized carbons (Fsp3) is 0.588. The lowest BCUT2D eigenvalue weighted by Gasteiger charge is -2.37. The summed E-state index contributed by atoms with van der Waals surface area (Å²) in [5.74, 6) is 0. The Morgan fingerprint density at radius 2 is 1.80 bits per heavy atom. The van der Waals surface area contributed by atoms with Crippen LogP contribution in [0.5, 0.6) is 0 Å². The van der Waals surface area contributed by atoms with Crippen molar-refractivity contribution in [3.05, 3.63) is 35.4 Å². The van der Waals surface area contributed by atoms with Crippen LogP contribution in [-0.2, 0) is 11.0 Å². The third-order valence-electron chi connectivity index (χ3n) is 5.42. The van der Waals surface area contributed by atoms with Gasteiger partial charge in [0.25, 0.3) is 0 Å². The summed E-state index contributed by atoms with van der Waals surface area (Å²) in [6, 6.07) is 11.5. The van der Waals surface area contributed by atoms with Gasteiger partial charge in [0.2, 0.25) is 0 Å². The maximum atomic E-state index is 11.1. The van der Waals surface area contributed by atoms with E-state index in [4.69, 9.17) is 0 Å². The molecule has 4 rings (SSSR count). The van der Waals surface area contributed by atoms with Crippen molar-refractivity contribution in [3.8, 4) is 6.07 Å². The zero-order valence-corrected chi connectivity index (χ0v) is 11.6. The molecular formula is C17H20N2O. The van der Waals surface area contributed by atoms with E-state index >= 15 is 0 Å². The Balaban J connectivity index is 1.69. The minimum absolute atomic E-state index is 0.266. The Kier molecular flexibility index (Phi) is 2.52. The predicted molar refractivity (Wildman–Crippen MR) is 76.0 cm³/mol. The molecule has 20 heavy (non-hydrogen) atoms. The van der Waals surface area contributed by atoms with Gasteiger partial charge in [0, 0.05) is 12.1 Å². The normalized spacial score (nSPS) is 37.4. The lowest BCUT2D eigenvalue weighted by molar-refractivity contribution is -0.0115. The van der Waals surface area contributed by atoms with E-state index in [1.165, 1.54) is 12.8 Å². The van der Waals surface area contributed by atoms with E-state index in [-0.39, 0.29) is 5.41 Å². The van der Waals surface area contributed by atoms with Crippen molar-refractivity contribution in [1.29, 1.82) is 5.26 Å². The summed E-state index contributed by atoms with van der Waals surface area (Å²) < 4.78 is 0. The molecule has 2 saturated heterocycles. The van der Waals surface area contributed by atoms with Gasteiger partial charge in [0.15, 0.2) is 0 Å². The molecule has 1 aliphatic carbocycles. The molecule has 1 aromatic carbocycles. The van der Waals surface area contributed by atoms with Crippen molar-refractivity contribution >= 4 is 0 Å². The van der Waals surface area contributed by atoms with Crippen LogP contribution in [-0.4, -0.2) is 17.2 Å². The van der Waals surface area contributed by atoms with E-state index in [9.17, 15) is 10.4 Å². The summed E-state index contributed by atoms with van der Waals surface area (Å²) in [7, 11) is 0. The molecule has 2 N–H and O–H groups in total. The van der Waals surface area contributed by atoms with E-state index in [0.717, 1.165) is 36.8 Å². The van der Waals surface area contributed by atoms with E-state index in [0.29, 0.717) is 12.1 Å². The minimum atomic E-state index is -0.710. The second kappa shape index (κ2) is 4.07. The Morgan fingerprint density at radius 3 is 2.40 bits per heavy atom. The SMILES string of the molecule is N#CC1(c2cccc(C3(O)CC4CCC(C3)N4)c2)CC1. The quantitative estimate of drug-likeness (QED) is 0.865. The van der Waals surface area contributed by atoms with Crippen molar-refractivity contribution < 1.29 is 5.11 Å². The van der Waals surface area contributed by atoms with Crippen molar-refractivity contribution in [3.63, 3.8) is 0 Å². The maximum Gasteiger partial charge on any atom is 0.0926 e. The highest BCUT2D eigenvalue weighted by molar-refractivity contribution is 5.42. The van der Waals surface area contributed by atoms with Crippen LogP contribution in [0.4, 0.5) is 0 Å². The van der Waals surface area contributed by atoms with Gasteiger partial charge in [0.05, 0.1) is 17.1 Å². The van der Waals surface area contributed by atoms with Crippen LogP contribution in [0.3, 0.4) is 0 Å². The molecule has 0 spiro atoms. The number of hydrogen-bond donors (Lipinski definition) is 2. The number of fused-ring (bicyclic) bond motifs is 2. The fourth-order valence-corrected chi connectivity index (χ4v) is 4.05.